The quantitative estimate of drug-likeness (QED) is 0.775. The van der Waals surface area contributed by atoms with Crippen molar-refractivity contribution in [3.8, 4) is 0 Å². The molecule has 3 heteroatoms. The summed E-state index contributed by atoms with van der Waals surface area (Å²) in [4.78, 5) is 1.33. The Morgan fingerprint density at radius 3 is 2.53 bits per heavy atom. The molecule has 0 heterocycles. The summed E-state index contributed by atoms with van der Waals surface area (Å²) in [6.07, 6.45) is 3.18. The second-order valence-corrected chi connectivity index (χ2v) is 6.81. The summed E-state index contributed by atoms with van der Waals surface area (Å²) in [7, 11) is 0. The normalized spacial score (nSPS) is 14.6. The van der Waals surface area contributed by atoms with E-state index in [9.17, 15) is 0 Å². The molecule has 0 saturated carbocycles. The van der Waals surface area contributed by atoms with Crippen LogP contribution in [0, 0.1) is 0 Å². The molecule has 0 saturated heterocycles. The maximum Gasteiger partial charge on any atom is 0.0314 e. The molecule has 96 valence electrons. The van der Waals surface area contributed by atoms with E-state index in [4.69, 9.17) is 5.73 Å². The van der Waals surface area contributed by atoms with Gasteiger partial charge in [-0.3, -0.25) is 0 Å². The van der Waals surface area contributed by atoms with Gasteiger partial charge in [-0.25, -0.2) is 0 Å². The van der Waals surface area contributed by atoms with Crippen molar-refractivity contribution in [3.63, 3.8) is 0 Å². The monoisotopic (exact) mass is 315 g/mol. The summed E-state index contributed by atoms with van der Waals surface area (Å²) in [5.74, 6) is 0. The van der Waals surface area contributed by atoms with E-state index in [1.807, 2.05) is 11.8 Å². The first kappa shape index (κ1) is 15.1. The highest BCUT2D eigenvalue weighted by molar-refractivity contribution is 9.10. The molecule has 0 aliphatic rings. The van der Waals surface area contributed by atoms with Gasteiger partial charge in [0.2, 0.25) is 0 Å². The van der Waals surface area contributed by atoms with E-state index in [1.54, 1.807) is 0 Å². The van der Waals surface area contributed by atoms with Crippen molar-refractivity contribution >= 4 is 27.7 Å². The van der Waals surface area contributed by atoms with Crippen molar-refractivity contribution in [1.29, 1.82) is 0 Å². The van der Waals surface area contributed by atoms with Crippen molar-refractivity contribution in [1.82, 2.24) is 0 Å². The maximum absolute atomic E-state index is 5.97. The van der Waals surface area contributed by atoms with Crippen LogP contribution in [0.25, 0.3) is 0 Å². The Balaban J connectivity index is 2.72. The predicted molar refractivity (Wildman–Crippen MR) is 81.7 cm³/mol. The van der Waals surface area contributed by atoms with Gasteiger partial charge in [-0.05, 0) is 52.9 Å². The highest BCUT2D eigenvalue weighted by Gasteiger charge is 2.08. The van der Waals surface area contributed by atoms with Crippen molar-refractivity contribution in [2.24, 2.45) is 5.73 Å². The Hall–Kier alpha value is 0.01000. The zero-order chi connectivity index (χ0) is 12.8. The number of thioether (sulfide) groups is 1. The minimum Gasteiger partial charge on any atom is -0.327 e. The summed E-state index contributed by atoms with van der Waals surface area (Å²) < 4.78 is 1.20. The second-order valence-electron chi connectivity index (χ2n) is 4.47. The van der Waals surface area contributed by atoms with Crippen LogP contribution in [0.4, 0.5) is 0 Å². The Morgan fingerprint density at radius 1 is 1.29 bits per heavy atom. The topological polar surface area (TPSA) is 26.0 Å². The zero-order valence-corrected chi connectivity index (χ0v) is 13.3. The van der Waals surface area contributed by atoms with Crippen molar-refractivity contribution in [2.75, 3.05) is 0 Å². The Kier molecular flexibility index (Phi) is 6.60. The van der Waals surface area contributed by atoms with Crippen molar-refractivity contribution in [2.45, 2.75) is 56.2 Å². The lowest BCUT2D eigenvalue weighted by molar-refractivity contribution is 0.646. The van der Waals surface area contributed by atoms with Crippen molar-refractivity contribution < 1.29 is 0 Å². The van der Waals surface area contributed by atoms with Gasteiger partial charge < -0.3 is 5.73 Å². The summed E-state index contributed by atoms with van der Waals surface area (Å²) in [6, 6.07) is 6.89. The molecule has 2 atom stereocenters. The Morgan fingerprint density at radius 2 is 2.00 bits per heavy atom. The first-order valence-corrected chi connectivity index (χ1v) is 7.94. The van der Waals surface area contributed by atoms with E-state index in [2.05, 4.69) is 54.9 Å². The molecule has 0 bridgehead atoms. The molecule has 0 aliphatic heterocycles. The predicted octanol–water partition coefficient (Wildman–Crippen LogP) is 4.62. The van der Waals surface area contributed by atoms with E-state index in [0.29, 0.717) is 5.25 Å². The summed E-state index contributed by atoms with van der Waals surface area (Å²) in [6.45, 7) is 6.62. The summed E-state index contributed by atoms with van der Waals surface area (Å²) in [5.41, 5.74) is 7.29. The molecule has 17 heavy (non-hydrogen) atoms. The molecule has 1 nitrogen and oxygen atoms in total. The fraction of sp³-hybridized carbons (Fsp3) is 0.571. The standard InChI is InChI=1S/C14H22BrNS/c1-4-10(3)17-14-7-6-11(9-13(14)15)8-12(16)5-2/h6-7,9-10,12H,4-5,8,16H2,1-3H3. The van der Waals surface area contributed by atoms with Crippen molar-refractivity contribution in [3.05, 3.63) is 28.2 Å². The number of rotatable bonds is 6. The first-order valence-electron chi connectivity index (χ1n) is 6.27. The molecular weight excluding hydrogens is 294 g/mol. The summed E-state index contributed by atoms with van der Waals surface area (Å²) in [5, 5.41) is 0.662. The van der Waals surface area contributed by atoms with Crippen LogP contribution in [0.2, 0.25) is 0 Å². The highest BCUT2D eigenvalue weighted by Crippen LogP contribution is 2.32. The van der Waals surface area contributed by atoms with Gasteiger partial charge in [0.25, 0.3) is 0 Å². The van der Waals surface area contributed by atoms with Crippen LogP contribution in [-0.4, -0.2) is 11.3 Å². The van der Waals surface area contributed by atoms with Crippen LogP contribution in [-0.2, 0) is 6.42 Å². The van der Waals surface area contributed by atoms with Crippen LogP contribution in [0.15, 0.2) is 27.6 Å². The van der Waals surface area contributed by atoms with E-state index in [1.165, 1.54) is 21.4 Å². The number of benzene rings is 1. The number of halogens is 1. The maximum atomic E-state index is 5.97. The van der Waals surface area contributed by atoms with Crippen LogP contribution in [0.5, 0.6) is 0 Å². The SMILES string of the molecule is CCC(N)Cc1ccc(SC(C)CC)c(Br)c1. The fourth-order valence-corrected chi connectivity index (χ4v) is 3.14. The fourth-order valence-electron chi connectivity index (χ4n) is 1.51. The lowest BCUT2D eigenvalue weighted by Crippen LogP contribution is -2.21. The highest BCUT2D eigenvalue weighted by atomic mass is 79.9. The number of hydrogen-bond donors (Lipinski definition) is 1. The summed E-state index contributed by atoms with van der Waals surface area (Å²) >= 11 is 5.58. The third kappa shape index (κ3) is 5.02. The molecule has 0 aromatic heterocycles. The lowest BCUT2D eigenvalue weighted by atomic mass is 10.1. The third-order valence-corrected chi connectivity index (χ3v) is 5.19. The van der Waals surface area contributed by atoms with Gasteiger partial charge in [-0.15, -0.1) is 11.8 Å². The van der Waals surface area contributed by atoms with Gasteiger partial charge in [0.05, 0.1) is 0 Å². The average Bonchev–Trinajstić information content (AvgIpc) is 2.32. The largest absolute Gasteiger partial charge is 0.327 e. The minimum atomic E-state index is 0.273. The van der Waals surface area contributed by atoms with Gasteiger partial charge in [-0.2, -0.15) is 0 Å². The van der Waals surface area contributed by atoms with Gasteiger partial charge in [0.15, 0.2) is 0 Å². The van der Waals surface area contributed by atoms with Crippen LogP contribution < -0.4 is 5.73 Å². The lowest BCUT2D eigenvalue weighted by Gasteiger charge is -2.13. The molecular formula is C14H22BrNS. The van der Waals surface area contributed by atoms with E-state index in [-0.39, 0.29) is 6.04 Å². The van der Waals surface area contributed by atoms with Crippen LogP contribution in [0.3, 0.4) is 0 Å². The van der Waals surface area contributed by atoms with E-state index < -0.39 is 0 Å². The first-order chi connectivity index (χ1) is 8.06. The average molecular weight is 316 g/mol. The smallest absolute Gasteiger partial charge is 0.0314 e. The van der Waals surface area contributed by atoms with Crippen LogP contribution in [0.1, 0.15) is 39.2 Å². The zero-order valence-electron chi connectivity index (χ0n) is 10.9. The Bertz CT molecular complexity index is 354. The van der Waals surface area contributed by atoms with E-state index >= 15 is 0 Å². The molecule has 0 aliphatic carbocycles. The minimum absolute atomic E-state index is 0.273. The molecule has 0 fully saturated rings. The van der Waals surface area contributed by atoms with Gasteiger partial charge >= 0.3 is 0 Å². The number of nitrogens with two attached hydrogens (primary N) is 1. The molecule has 1 rings (SSSR count). The van der Waals surface area contributed by atoms with Gasteiger partial charge in [0.1, 0.15) is 0 Å². The molecule has 2 N–H and O–H groups in total. The van der Waals surface area contributed by atoms with E-state index in [0.717, 1.165) is 12.8 Å². The molecule has 0 amide bonds. The van der Waals surface area contributed by atoms with Gasteiger partial charge in [0, 0.05) is 20.7 Å². The number of hydrogen-bond acceptors (Lipinski definition) is 2. The second kappa shape index (κ2) is 7.45. The third-order valence-electron chi connectivity index (χ3n) is 2.92. The van der Waals surface area contributed by atoms with Gasteiger partial charge in [-0.1, -0.05) is 26.8 Å². The molecule has 0 radical (unpaired) electrons. The molecule has 0 spiro atoms. The van der Waals surface area contributed by atoms with Crippen LogP contribution >= 0.6 is 27.7 Å². The molecule has 1 aromatic rings. The molecule has 1 aromatic carbocycles. The Labute approximate surface area is 118 Å². The molecule has 2 unspecified atom stereocenters.